The fourth-order valence-corrected chi connectivity index (χ4v) is 2.93. The number of benzene rings is 2. The Hall–Kier alpha value is -4.02. The van der Waals surface area contributed by atoms with Gasteiger partial charge >= 0.3 is 12.1 Å². The van der Waals surface area contributed by atoms with Gasteiger partial charge in [0, 0.05) is 5.69 Å². The molecule has 3 rings (SSSR count). The molecule has 0 bridgehead atoms. The number of halogens is 3. The maximum atomic E-state index is 12.6. The highest BCUT2D eigenvalue weighted by molar-refractivity contribution is 5.95. The molecule has 0 atom stereocenters. The Bertz CT molecular complexity index is 1150. The molecule has 3 aromatic rings. The van der Waals surface area contributed by atoms with Gasteiger partial charge in [-0.05, 0) is 56.3 Å². The Morgan fingerprint density at radius 1 is 1.06 bits per heavy atom. The topological polar surface area (TPSA) is 99.9 Å². The molecule has 1 N–H and O–H groups in total. The normalized spacial score (nSPS) is 11.1. The van der Waals surface area contributed by atoms with Crippen LogP contribution in [0.15, 0.2) is 47.0 Å². The first-order chi connectivity index (χ1) is 16.1. The summed E-state index contributed by atoms with van der Waals surface area (Å²) in [5, 5.41) is 6.21. The Morgan fingerprint density at radius 2 is 1.76 bits per heavy atom. The molecule has 11 heteroatoms. The van der Waals surface area contributed by atoms with E-state index < -0.39 is 30.2 Å². The molecule has 1 aromatic heterocycles. The monoisotopic (exact) mass is 478 g/mol. The summed E-state index contributed by atoms with van der Waals surface area (Å²) in [6.07, 6.45) is -4.48. The van der Waals surface area contributed by atoms with Crippen LogP contribution in [0, 0.1) is 13.8 Å². The zero-order valence-electron chi connectivity index (χ0n) is 18.5. The second kappa shape index (κ2) is 10.3. The first-order valence-electron chi connectivity index (χ1n) is 9.95. The number of carbonyl (C=O) groups is 2. The average molecular weight is 478 g/mol. The molecule has 2 aromatic carbocycles. The van der Waals surface area contributed by atoms with Crippen LogP contribution in [0.3, 0.4) is 0 Å². The van der Waals surface area contributed by atoms with Crippen LogP contribution in [0.4, 0.5) is 18.9 Å². The summed E-state index contributed by atoms with van der Waals surface area (Å²) < 4.78 is 58.9. The predicted molar refractivity (Wildman–Crippen MR) is 114 cm³/mol. The van der Waals surface area contributed by atoms with E-state index in [9.17, 15) is 22.8 Å². The smallest absolute Gasteiger partial charge is 0.416 e. The van der Waals surface area contributed by atoms with Crippen molar-refractivity contribution in [3.63, 3.8) is 0 Å². The third-order valence-corrected chi connectivity index (χ3v) is 4.78. The van der Waals surface area contributed by atoms with Gasteiger partial charge in [0.1, 0.15) is 12.4 Å². The fraction of sp³-hybridized carbons (Fsp3) is 0.261. The van der Waals surface area contributed by atoms with Crippen molar-refractivity contribution in [3.8, 4) is 11.5 Å². The van der Waals surface area contributed by atoms with Gasteiger partial charge in [-0.25, -0.2) is 4.79 Å². The number of methoxy groups -OCH3 is 1. The van der Waals surface area contributed by atoms with Crippen molar-refractivity contribution in [2.24, 2.45) is 0 Å². The minimum Gasteiger partial charge on any atom is -0.493 e. The number of ether oxygens (including phenoxy) is 3. The van der Waals surface area contributed by atoms with Crippen molar-refractivity contribution in [1.29, 1.82) is 0 Å². The summed E-state index contributed by atoms with van der Waals surface area (Å²) in [6.45, 7) is 3.11. The SMILES string of the molecule is COc1cc(C(=O)OCC(=O)Nc2ccc(C(F)(F)F)cc2)ccc1OCc1c(C)noc1C. The summed E-state index contributed by atoms with van der Waals surface area (Å²) in [4.78, 5) is 24.3. The van der Waals surface area contributed by atoms with Gasteiger partial charge in [-0.3, -0.25) is 4.79 Å². The number of hydrogen-bond donors (Lipinski definition) is 1. The number of amides is 1. The number of aryl methyl sites for hydroxylation is 2. The van der Waals surface area contributed by atoms with Crippen LogP contribution in [-0.2, 0) is 22.3 Å². The van der Waals surface area contributed by atoms with Gasteiger partial charge in [0.05, 0.1) is 29.5 Å². The van der Waals surface area contributed by atoms with Gasteiger partial charge in [-0.15, -0.1) is 0 Å². The molecule has 0 aliphatic carbocycles. The van der Waals surface area contributed by atoms with Crippen molar-refractivity contribution >= 4 is 17.6 Å². The van der Waals surface area contributed by atoms with Crippen LogP contribution in [0.5, 0.6) is 11.5 Å². The van der Waals surface area contributed by atoms with E-state index >= 15 is 0 Å². The second-order valence-corrected chi connectivity index (χ2v) is 7.16. The lowest BCUT2D eigenvalue weighted by Crippen LogP contribution is -2.21. The highest BCUT2D eigenvalue weighted by Gasteiger charge is 2.30. The van der Waals surface area contributed by atoms with Gasteiger partial charge in [-0.1, -0.05) is 5.16 Å². The van der Waals surface area contributed by atoms with Gasteiger partial charge < -0.3 is 24.1 Å². The number of alkyl halides is 3. The fourth-order valence-electron chi connectivity index (χ4n) is 2.93. The molecule has 0 spiro atoms. The molecule has 1 amide bonds. The van der Waals surface area contributed by atoms with E-state index in [4.69, 9.17) is 18.7 Å². The Labute approximate surface area is 192 Å². The summed E-state index contributed by atoms with van der Waals surface area (Å²) in [7, 11) is 1.41. The molecule has 0 aliphatic rings. The number of hydrogen-bond acceptors (Lipinski definition) is 7. The van der Waals surface area contributed by atoms with Crippen molar-refractivity contribution in [2.45, 2.75) is 26.6 Å². The van der Waals surface area contributed by atoms with Gasteiger partial charge in [0.25, 0.3) is 5.91 Å². The Kier molecular flexibility index (Phi) is 7.44. The van der Waals surface area contributed by atoms with Gasteiger partial charge in [0.15, 0.2) is 18.1 Å². The third kappa shape index (κ3) is 6.06. The van der Waals surface area contributed by atoms with Gasteiger partial charge in [-0.2, -0.15) is 13.2 Å². The molecule has 8 nitrogen and oxygen atoms in total. The van der Waals surface area contributed by atoms with E-state index in [-0.39, 0.29) is 23.6 Å². The quantitative estimate of drug-likeness (QED) is 0.469. The zero-order valence-corrected chi connectivity index (χ0v) is 18.5. The number of carbonyl (C=O) groups excluding carboxylic acids is 2. The van der Waals surface area contributed by atoms with E-state index in [0.29, 0.717) is 17.2 Å². The van der Waals surface area contributed by atoms with Crippen LogP contribution in [0.1, 0.15) is 32.9 Å². The number of rotatable bonds is 8. The van der Waals surface area contributed by atoms with Crippen LogP contribution in [0.25, 0.3) is 0 Å². The Balaban J connectivity index is 1.56. The van der Waals surface area contributed by atoms with E-state index in [1.807, 2.05) is 0 Å². The van der Waals surface area contributed by atoms with E-state index in [0.717, 1.165) is 29.8 Å². The van der Waals surface area contributed by atoms with Crippen LogP contribution in [-0.4, -0.2) is 30.7 Å². The van der Waals surface area contributed by atoms with E-state index in [1.54, 1.807) is 13.8 Å². The lowest BCUT2D eigenvalue weighted by atomic mass is 10.2. The number of esters is 1. The zero-order chi connectivity index (χ0) is 24.9. The minimum absolute atomic E-state index is 0.115. The maximum Gasteiger partial charge on any atom is 0.416 e. The molecular weight excluding hydrogens is 457 g/mol. The summed E-state index contributed by atoms with van der Waals surface area (Å²) in [5.41, 5.74) is 0.903. The van der Waals surface area contributed by atoms with Crippen LogP contribution in [0.2, 0.25) is 0 Å². The molecule has 0 saturated heterocycles. The van der Waals surface area contributed by atoms with Crippen molar-refractivity contribution in [1.82, 2.24) is 5.16 Å². The molecule has 0 fully saturated rings. The van der Waals surface area contributed by atoms with Crippen molar-refractivity contribution in [2.75, 3.05) is 19.0 Å². The lowest BCUT2D eigenvalue weighted by molar-refractivity contribution is -0.137. The molecule has 0 aliphatic heterocycles. The minimum atomic E-state index is -4.48. The van der Waals surface area contributed by atoms with Crippen molar-refractivity contribution < 1.29 is 41.5 Å². The molecule has 180 valence electrons. The number of anilines is 1. The van der Waals surface area contributed by atoms with Crippen LogP contribution < -0.4 is 14.8 Å². The molecule has 0 saturated carbocycles. The maximum absolute atomic E-state index is 12.6. The van der Waals surface area contributed by atoms with E-state index in [1.165, 1.54) is 25.3 Å². The number of nitrogens with one attached hydrogen (secondary N) is 1. The first kappa shape index (κ1) is 24.6. The first-order valence-corrected chi connectivity index (χ1v) is 9.95. The standard InChI is InChI=1S/C23H21F3N2O6/c1-13-18(14(2)34-28-13)11-32-19-9-4-15(10-20(19)31-3)22(30)33-12-21(29)27-17-7-5-16(6-8-17)23(24,25)26/h4-10H,11-12H2,1-3H3,(H,27,29). The van der Waals surface area contributed by atoms with Crippen LogP contribution >= 0.6 is 0 Å². The average Bonchev–Trinajstić information content (AvgIpc) is 3.12. The summed E-state index contributed by atoms with van der Waals surface area (Å²) >= 11 is 0. The Morgan fingerprint density at radius 3 is 2.35 bits per heavy atom. The largest absolute Gasteiger partial charge is 0.493 e. The van der Waals surface area contributed by atoms with Crippen molar-refractivity contribution in [3.05, 3.63) is 70.6 Å². The van der Waals surface area contributed by atoms with Gasteiger partial charge in [0.2, 0.25) is 0 Å². The highest BCUT2D eigenvalue weighted by Crippen LogP contribution is 2.31. The molecular formula is C23H21F3N2O6. The molecule has 34 heavy (non-hydrogen) atoms. The lowest BCUT2D eigenvalue weighted by Gasteiger charge is -2.12. The predicted octanol–water partition coefficient (Wildman–Crippen LogP) is 4.69. The molecule has 0 unspecified atom stereocenters. The third-order valence-electron chi connectivity index (χ3n) is 4.78. The summed E-state index contributed by atoms with van der Waals surface area (Å²) in [5.74, 6) is -0.224. The second-order valence-electron chi connectivity index (χ2n) is 7.16. The molecule has 0 radical (unpaired) electrons. The van der Waals surface area contributed by atoms with E-state index in [2.05, 4.69) is 10.5 Å². The summed E-state index contributed by atoms with van der Waals surface area (Å²) in [6, 6.07) is 8.26. The number of aromatic nitrogens is 1. The molecule has 1 heterocycles. The highest BCUT2D eigenvalue weighted by atomic mass is 19.4. The number of nitrogens with zero attached hydrogens (tertiary/aromatic N) is 1.